The lowest BCUT2D eigenvalue weighted by Crippen LogP contribution is -2.12. The van der Waals surface area contributed by atoms with Gasteiger partial charge in [-0.1, -0.05) is 26.7 Å². The average Bonchev–Trinajstić information content (AvgIpc) is 2.38. The van der Waals surface area contributed by atoms with E-state index in [-0.39, 0.29) is 5.75 Å². The Balaban J connectivity index is 2.04. The molecule has 2 rings (SSSR count). The molecule has 1 fully saturated rings. The van der Waals surface area contributed by atoms with Gasteiger partial charge in [-0.3, -0.25) is 0 Å². The van der Waals surface area contributed by atoms with E-state index in [1.807, 2.05) is 13.0 Å². The van der Waals surface area contributed by atoms with Gasteiger partial charge in [-0.15, -0.1) is 0 Å². The van der Waals surface area contributed by atoms with E-state index in [1.165, 1.54) is 12.8 Å². The lowest BCUT2D eigenvalue weighted by molar-refractivity contribution is 0.294. The molecular formula is C15H22FNO. The Bertz CT molecular complexity index is 386. The summed E-state index contributed by atoms with van der Waals surface area (Å²) in [6.45, 7) is 4.83. The lowest BCUT2D eigenvalue weighted by atomic mass is 9.81. The monoisotopic (exact) mass is 251 g/mol. The Labute approximate surface area is 109 Å². The average molecular weight is 251 g/mol. The molecule has 0 atom stereocenters. The number of hydrogen-bond donors (Lipinski definition) is 0. The van der Waals surface area contributed by atoms with Gasteiger partial charge in [-0.25, -0.2) is 4.98 Å². The summed E-state index contributed by atoms with van der Waals surface area (Å²) in [5.74, 6) is 1.05. The van der Waals surface area contributed by atoms with E-state index < -0.39 is 5.95 Å². The highest BCUT2D eigenvalue weighted by molar-refractivity contribution is 5.23. The standard InChI is InChI=1S/C15H22FNO/c1-3-10-18-14-9-8-13(17-15(14)16)12-6-4-11(2)5-7-12/h8-9,11-12H,3-7,10H2,1-2H3. The zero-order chi connectivity index (χ0) is 13.0. The minimum Gasteiger partial charge on any atom is -0.489 e. The van der Waals surface area contributed by atoms with Crippen molar-refractivity contribution in [2.75, 3.05) is 6.61 Å². The molecule has 1 aromatic rings. The van der Waals surface area contributed by atoms with Gasteiger partial charge >= 0.3 is 0 Å². The summed E-state index contributed by atoms with van der Waals surface area (Å²) >= 11 is 0. The second kappa shape index (κ2) is 6.17. The topological polar surface area (TPSA) is 22.1 Å². The van der Waals surface area contributed by atoms with E-state index in [0.29, 0.717) is 12.5 Å². The first-order valence-electron chi connectivity index (χ1n) is 7.00. The highest BCUT2D eigenvalue weighted by Crippen LogP contribution is 2.35. The van der Waals surface area contributed by atoms with Crippen LogP contribution >= 0.6 is 0 Å². The molecule has 1 heterocycles. The lowest BCUT2D eigenvalue weighted by Gasteiger charge is -2.25. The molecule has 0 saturated heterocycles. The third-order valence-corrected chi connectivity index (χ3v) is 3.73. The van der Waals surface area contributed by atoms with Crippen molar-refractivity contribution in [2.24, 2.45) is 5.92 Å². The Morgan fingerprint density at radius 3 is 2.61 bits per heavy atom. The normalized spacial score (nSPS) is 23.9. The van der Waals surface area contributed by atoms with Crippen LogP contribution in [0.5, 0.6) is 5.75 Å². The molecule has 0 spiro atoms. The highest BCUT2D eigenvalue weighted by atomic mass is 19.1. The van der Waals surface area contributed by atoms with Crippen molar-refractivity contribution in [3.8, 4) is 5.75 Å². The molecule has 2 nitrogen and oxygen atoms in total. The molecule has 0 N–H and O–H groups in total. The molecule has 0 radical (unpaired) electrons. The van der Waals surface area contributed by atoms with Gasteiger partial charge in [-0.2, -0.15) is 4.39 Å². The summed E-state index contributed by atoms with van der Waals surface area (Å²) in [5, 5.41) is 0. The van der Waals surface area contributed by atoms with E-state index in [4.69, 9.17) is 4.74 Å². The van der Waals surface area contributed by atoms with E-state index in [9.17, 15) is 4.39 Å². The van der Waals surface area contributed by atoms with Crippen LogP contribution in [0.4, 0.5) is 4.39 Å². The fraction of sp³-hybridized carbons (Fsp3) is 0.667. The van der Waals surface area contributed by atoms with Crippen LogP contribution in [0.25, 0.3) is 0 Å². The molecule has 1 aliphatic rings. The molecule has 0 aliphatic heterocycles. The van der Waals surface area contributed by atoms with E-state index in [1.54, 1.807) is 6.07 Å². The summed E-state index contributed by atoms with van der Waals surface area (Å²) in [6, 6.07) is 3.65. The first-order valence-corrected chi connectivity index (χ1v) is 7.00. The van der Waals surface area contributed by atoms with Gasteiger partial charge in [0.05, 0.1) is 6.61 Å². The molecule has 0 aromatic carbocycles. The fourth-order valence-corrected chi connectivity index (χ4v) is 2.54. The molecule has 1 saturated carbocycles. The number of hydrogen-bond acceptors (Lipinski definition) is 2. The Morgan fingerprint density at radius 2 is 2.00 bits per heavy atom. The van der Waals surface area contributed by atoms with Crippen molar-refractivity contribution in [1.29, 1.82) is 0 Å². The van der Waals surface area contributed by atoms with Gasteiger partial charge in [0.2, 0.25) is 0 Å². The Morgan fingerprint density at radius 1 is 1.28 bits per heavy atom. The molecule has 0 unspecified atom stereocenters. The number of aromatic nitrogens is 1. The molecule has 3 heteroatoms. The maximum atomic E-state index is 13.8. The van der Waals surface area contributed by atoms with E-state index in [2.05, 4.69) is 11.9 Å². The molecule has 1 aromatic heterocycles. The van der Waals surface area contributed by atoms with Crippen LogP contribution in [-0.2, 0) is 0 Å². The first kappa shape index (κ1) is 13.3. The van der Waals surface area contributed by atoms with Crippen LogP contribution in [-0.4, -0.2) is 11.6 Å². The number of ether oxygens (including phenoxy) is 1. The van der Waals surface area contributed by atoms with Gasteiger partial charge in [0.25, 0.3) is 5.95 Å². The molecule has 0 amide bonds. The minimum atomic E-state index is -0.459. The van der Waals surface area contributed by atoms with Crippen molar-refractivity contribution in [3.05, 3.63) is 23.8 Å². The van der Waals surface area contributed by atoms with Crippen molar-refractivity contribution in [3.63, 3.8) is 0 Å². The van der Waals surface area contributed by atoms with E-state index in [0.717, 1.165) is 30.9 Å². The molecule has 100 valence electrons. The highest BCUT2D eigenvalue weighted by Gasteiger charge is 2.21. The zero-order valence-electron chi connectivity index (χ0n) is 11.3. The number of pyridine rings is 1. The smallest absolute Gasteiger partial charge is 0.255 e. The summed E-state index contributed by atoms with van der Waals surface area (Å²) in [7, 11) is 0. The van der Waals surface area contributed by atoms with Gasteiger partial charge in [0.1, 0.15) is 0 Å². The van der Waals surface area contributed by atoms with Crippen molar-refractivity contribution < 1.29 is 9.13 Å². The van der Waals surface area contributed by atoms with Gasteiger partial charge in [0, 0.05) is 11.6 Å². The summed E-state index contributed by atoms with van der Waals surface area (Å²) < 4.78 is 19.1. The van der Waals surface area contributed by atoms with Gasteiger partial charge in [-0.05, 0) is 37.3 Å². The number of halogens is 1. The second-order valence-electron chi connectivity index (χ2n) is 5.33. The van der Waals surface area contributed by atoms with Crippen molar-refractivity contribution in [1.82, 2.24) is 4.98 Å². The molecule has 1 aliphatic carbocycles. The second-order valence-corrected chi connectivity index (χ2v) is 5.33. The fourth-order valence-electron chi connectivity index (χ4n) is 2.54. The van der Waals surface area contributed by atoms with Gasteiger partial charge < -0.3 is 4.74 Å². The molecule has 18 heavy (non-hydrogen) atoms. The van der Waals surface area contributed by atoms with Crippen LogP contribution in [0.3, 0.4) is 0 Å². The quantitative estimate of drug-likeness (QED) is 0.744. The first-order chi connectivity index (χ1) is 8.70. The third-order valence-electron chi connectivity index (χ3n) is 3.73. The van der Waals surface area contributed by atoms with Crippen LogP contribution < -0.4 is 4.74 Å². The van der Waals surface area contributed by atoms with Crippen LogP contribution in [0.2, 0.25) is 0 Å². The Hall–Kier alpha value is -1.12. The third kappa shape index (κ3) is 3.21. The largest absolute Gasteiger partial charge is 0.489 e. The summed E-state index contributed by atoms with van der Waals surface area (Å²) in [4.78, 5) is 4.08. The Kier molecular flexibility index (Phi) is 4.56. The van der Waals surface area contributed by atoms with Crippen molar-refractivity contribution in [2.45, 2.75) is 51.9 Å². The van der Waals surface area contributed by atoms with Crippen LogP contribution in [0.15, 0.2) is 12.1 Å². The van der Waals surface area contributed by atoms with Crippen LogP contribution in [0.1, 0.15) is 57.6 Å². The minimum absolute atomic E-state index is 0.282. The van der Waals surface area contributed by atoms with Crippen molar-refractivity contribution >= 4 is 0 Å². The number of rotatable bonds is 4. The predicted molar refractivity (Wildman–Crippen MR) is 70.4 cm³/mol. The van der Waals surface area contributed by atoms with Gasteiger partial charge in [0.15, 0.2) is 5.75 Å². The maximum absolute atomic E-state index is 13.8. The molecular weight excluding hydrogens is 229 g/mol. The SMILES string of the molecule is CCCOc1ccc(C2CCC(C)CC2)nc1F. The van der Waals surface area contributed by atoms with E-state index >= 15 is 0 Å². The number of nitrogens with zero attached hydrogens (tertiary/aromatic N) is 1. The zero-order valence-corrected chi connectivity index (χ0v) is 11.3. The van der Waals surface area contributed by atoms with Crippen LogP contribution in [0, 0.1) is 11.9 Å². The maximum Gasteiger partial charge on any atom is 0.255 e. The molecule has 0 bridgehead atoms. The predicted octanol–water partition coefficient (Wildman–Crippen LogP) is 4.30. The summed E-state index contributed by atoms with van der Waals surface area (Å²) in [6.07, 6.45) is 5.58. The summed E-state index contributed by atoms with van der Waals surface area (Å²) in [5.41, 5.74) is 0.892.